The Bertz CT molecular complexity index is 533. The van der Waals surface area contributed by atoms with Crippen molar-refractivity contribution in [1.82, 2.24) is 0 Å². The molecule has 110 valence electrons. The molecule has 5 N–H and O–H groups in total. The van der Waals surface area contributed by atoms with Crippen LogP contribution in [0, 0.1) is 5.82 Å². The van der Waals surface area contributed by atoms with Gasteiger partial charge in [-0.25, -0.2) is 9.18 Å². The van der Waals surface area contributed by atoms with Crippen LogP contribution in [-0.4, -0.2) is 40.5 Å². The minimum absolute atomic E-state index is 0.312. The van der Waals surface area contributed by atoms with Crippen molar-refractivity contribution in [2.75, 3.05) is 12.8 Å². The molecule has 0 bridgehead atoms. The number of halogens is 1. The molecule has 0 fully saturated rings. The molecule has 0 saturated carbocycles. The first-order valence-corrected chi connectivity index (χ1v) is 5.53. The summed E-state index contributed by atoms with van der Waals surface area (Å²) >= 11 is 0. The van der Waals surface area contributed by atoms with Crippen LogP contribution in [0.5, 0.6) is 0 Å². The Morgan fingerprint density at radius 1 is 1.40 bits per heavy atom. The molecule has 7 nitrogen and oxygen atoms in total. The van der Waals surface area contributed by atoms with Gasteiger partial charge in [0.05, 0.1) is 25.2 Å². The van der Waals surface area contributed by atoms with Gasteiger partial charge in [0.1, 0.15) is 11.9 Å². The summed E-state index contributed by atoms with van der Waals surface area (Å²) in [5.41, 5.74) is 4.14. The highest BCUT2D eigenvalue weighted by atomic mass is 19.1. The van der Waals surface area contributed by atoms with Gasteiger partial charge in [-0.05, 0) is 12.1 Å². The van der Waals surface area contributed by atoms with Gasteiger partial charge >= 0.3 is 11.9 Å². The maximum atomic E-state index is 13.7. The maximum absolute atomic E-state index is 13.7. The van der Waals surface area contributed by atoms with Crippen molar-refractivity contribution in [3.05, 3.63) is 29.1 Å². The highest BCUT2D eigenvalue weighted by Crippen LogP contribution is 2.26. The van der Waals surface area contributed by atoms with E-state index in [2.05, 4.69) is 4.74 Å². The van der Waals surface area contributed by atoms with E-state index in [1.807, 2.05) is 0 Å². The number of aliphatic hydroxyl groups excluding tert-OH is 2. The lowest BCUT2D eigenvalue weighted by atomic mass is 9.98. The van der Waals surface area contributed by atoms with Crippen molar-refractivity contribution in [1.29, 1.82) is 0 Å². The van der Waals surface area contributed by atoms with Crippen LogP contribution >= 0.6 is 0 Å². The molecular formula is C12H14FNO6. The number of carbonyl (C=O) groups is 2. The molecule has 0 saturated heterocycles. The third-order valence-electron chi connectivity index (χ3n) is 2.69. The molecule has 1 aromatic carbocycles. The maximum Gasteiger partial charge on any atom is 0.337 e. The van der Waals surface area contributed by atoms with E-state index in [0.29, 0.717) is 0 Å². The summed E-state index contributed by atoms with van der Waals surface area (Å²) in [5, 5.41) is 28.2. The molecule has 20 heavy (non-hydrogen) atoms. The fraction of sp³-hybridized carbons (Fsp3) is 0.333. The lowest BCUT2D eigenvalue weighted by Crippen LogP contribution is -2.24. The van der Waals surface area contributed by atoms with Gasteiger partial charge in [0.15, 0.2) is 0 Å². The number of ether oxygens (including phenoxy) is 1. The van der Waals surface area contributed by atoms with Crippen LogP contribution < -0.4 is 5.73 Å². The zero-order chi connectivity index (χ0) is 15.4. The number of rotatable bonds is 5. The fourth-order valence-corrected chi connectivity index (χ4v) is 1.59. The second-order valence-corrected chi connectivity index (χ2v) is 4.06. The van der Waals surface area contributed by atoms with Crippen molar-refractivity contribution >= 4 is 17.6 Å². The molecule has 0 radical (unpaired) electrons. The first-order valence-electron chi connectivity index (χ1n) is 5.53. The first-order chi connectivity index (χ1) is 9.27. The van der Waals surface area contributed by atoms with E-state index in [1.165, 1.54) is 0 Å². The van der Waals surface area contributed by atoms with Crippen molar-refractivity contribution in [3.8, 4) is 0 Å². The molecule has 0 amide bonds. The third kappa shape index (κ3) is 3.43. The van der Waals surface area contributed by atoms with Crippen molar-refractivity contribution in [2.24, 2.45) is 0 Å². The Hall–Kier alpha value is -2.19. The first kappa shape index (κ1) is 15.9. The number of hydrogen-bond donors (Lipinski definition) is 4. The highest BCUT2D eigenvalue weighted by molar-refractivity contribution is 5.93. The number of carboxylic acid groups (broad SMARTS) is 1. The predicted molar refractivity (Wildman–Crippen MR) is 65.4 cm³/mol. The lowest BCUT2D eigenvalue weighted by molar-refractivity contribution is -0.144. The van der Waals surface area contributed by atoms with Crippen LogP contribution in [0.4, 0.5) is 10.1 Å². The van der Waals surface area contributed by atoms with Crippen LogP contribution in [-0.2, 0) is 9.53 Å². The standard InChI is InChI=1S/C12H14FNO6/c1-20-10(16)4-9(15)11(17)5-2-6(12(18)19)8(14)3-7(5)13/h2-3,9,11,15,17H,4,14H2,1H3,(H,18,19). The monoisotopic (exact) mass is 287 g/mol. The number of hydrogen-bond acceptors (Lipinski definition) is 6. The Morgan fingerprint density at radius 3 is 2.50 bits per heavy atom. The normalized spacial score (nSPS) is 13.6. The second-order valence-electron chi connectivity index (χ2n) is 4.06. The Morgan fingerprint density at radius 2 is 2.00 bits per heavy atom. The molecule has 2 unspecified atom stereocenters. The van der Waals surface area contributed by atoms with Gasteiger partial charge in [-0.15, -0.1) is 0 Å². The molecule has 1 rings (SSSR count). The number of carbonyl (C=O) groups excluding carboxylic acids is 1. The fourth-order valence-electron chi connectivity index (χ4n) is 1.59. The quantitative estimate of drug-likeness (QED) is 0.445. The zero-order valence-electron chi connectivity index (χ0n) is 10.5. The molecule has 0 aliphatic carbocycles. The Labute approximate surface area is 113 Å². The van der Waals surface area contributed by atoms with E-state index >= 15 is 0 Å². The van der Waals surface area contributed by atoms with Gasteiger partial charge in [-0.3, -0.25) is 4.79 Å². The number of carboxylic acids is 1. The van der Waals surface area contributed by atoms with E-state index in [4.69, 9.17) is 10.8 Å². The molecular weight excluding hydrogens is 273 g/mol. The Balaban J connectivity index is 3.09. The van der Waals surface area contributed by atoms with Crippen LogP contribution in [0.1, 0.15) is 28.4 Å². The summed E-state index contributed by atoms with van der Waals surface area (Å²) < 4.78 is 18.0. The molecule has 0 aromatic heterocycles. The van der Waals surface area contributed by atoms with Crippen LogP contribution in [0.2, 0.25) is 0 Å². The summed E-state index contributed by atoms with van der Waals surface area (Å²) in [7, 11) is 1.09. The number of nitrogens with two attached hydrogens (primary N) is 1. The van der Waals surface area contributed by atoms with E-state index in [-0.39, 0.29) is 5.69 Å². The topological polar surface area (TPSA) is 130 Å². The van der Waals surface area contributed by atoms with Gasteiger partial charge in [0.2, 0.25) is 0 Å². The number of benzene rings is 1. The minimum atomic E-state index is -1.78. The minimum Gasteiger partial charge on any atom is -0.478 e. The molecule has 8 heteroatoms. The smallest absolute Gasteiger partial charge is 0.337 e. The van der Waals surface area contributed by atoms with Crippen LogP contribution in [0.3, 0.4) is 0 Å². The largest absolute Gasteiger partial charge is 0.478 e. The summed E-state index contributed by atoms with van der Waals surface area (Å²) in [6.07, 6.45) is -3.99. The number of methoxy groups -OCH3 is 1. The van der Waals surface area contributed by atoms with E-state index < -0.39 is 47.5 Å². The van der Waals surface area contributed by atoms with Crippen LogP contribution in [0.15, 0.2) is 12.1 Å². The SMILES string of the molecule is COC(=O)CC(O)C(O)c1cc(C(=O)O)c(N)cc1F. The summed E-state index contributed by atoms with van der Waals surface area (Å²) in [4.78, 5) is 21.9. The lowest BCUT2D eigenvalue weighted by Gasteiger charge is -2.18. The van der Waals surface area contributed by atoms with Gasteiger partial charge in [0.25, 0.3) is 0 Å². The van der Waals surface area contributed by atoms with Crippen LogP contribution in [0.25, 0.3) is 0 Å². The summed E-state index contributed by atoms with van der Waals surface area (Å²) in [5.74, 6) is -3.19. The number of anilines is 1. The number of aromatic carboxylic acids is 1. The summed E-state index contributed by atoms with van der Waals surface area (Å²) in [6, 6.07) is 1.55. The zero-order valence-corrected chi connectivity index (χ0v) is 10.5. The number of nitrogen functional groups attached to an aromatic ring is 1. The third-order valence-corrected chi connectivity index (χ3v) is 2.69. The van der Waals surface area contributed by atoms with Crippen molar-refractivity contribution in [3.63, 3.8) is 0 Å². The molecule has 0 spiro atoms. The van der Waals surface area contributed by atoms with Crippen molar-refractivity contribution < 1.29 is 34.0 Å². The molecule has 0 aliphatic heterocycles. The number of esters is 1. The average molecular weight is 287 g/mol. The molecule has 0 aliphatic rings. The predicted octanol–water partition coefficient (Wildman–Crippen LogP) is 0.0635. The van der Waals surface area contributed by atoms with Gasteiger partial charge in [-0.1, -0.05) is 0 Å². The second kappa shape index (κ2) is 6.31. The molecule has 0 heterocycles. The van der Waals surface area contributed by atoms with Gasteiger partial charge in [0, 0.05) is 11.3 Å². The van der Waals surface area contributed by atoms with Crippen molar-refractivity contribution in [2.45, 2.75) is 18.6 Å². The summed E-state index contributed by atoms with van der Waals surface area (Å²) in [6.45, 7) is 0. The van der Waals surface area contributed by atoms with E-state index in [0.717, 1.165) is 19.2 Å². The Kier molecular flexibility index (Phi) is 5.00. The number of aliphatic hydroxyl groups is 2. The molecule has 2 atom stereocenters. The van der Waals surface area contributed by atoms with E-state index in [1.54, 1.807) is 0 Å². The average Bonchev–Trinajstić information content (AvgIpc) is 2.37. The highest BCUT2D eigenvalue weighted by Gasteiger charge is 2.26. The van der Waals surface area contributed by atoms with Gasteiger partial charge < -0.3 is 25.8 Å². The van der Waals surface area contributed by atoms with E-state index in [9.17, 15) is 24.2 Å². The molecule has 1 aromatic rings. The van der Waals surface area contributed by atoms with Gasteiger partial charge in [-0.2, -0.15) is 0 Å².